The Morgan fingerprint density at radius 2 is 1.84 bits per heavy atom. The number of hydrogen-bond donors (Lipinski definition) is 3. The van der Waals surface area contributed by atoms with E-state index in [1.807, 2.05) is 26.0 Å². The zero-order valence-electron chi connectivity index (χ0n) is 30.7. The summed E-state index contributed by atoms with van der Waals surface area (Å²) in [4.78, 5) is 46.4. The van der Waals surface area contributed by atoms with Crippen molar-refractivity contribution in [1.82, 2.24) is 20.6 Å². The predicted molar refractivity (Wildman–Crippen MR) is 205 cm³/mol. The Morgan fingerprint density at radius 1 is 1.14 bits per heavy atom. The highest BCUT2D eigenvalue weighted by atomic mass is 35.5. The Hall–Kier alpha value is -3.77. The average Bonchev–Trinajstić information content (AvgIpc) is 3.68. The molecule has 2 saturated carbocycles. The standard InChI is InChI=1S/C32H45N7O3.C3H5ClN2.C2H6/c1-4-26-31(41)38(2)27-19-34-32(37-29(27)39(26)24-7-5-6-8-24)36-25-10-9-22(18-28(25)42-3)30(40)35-23-16-21(17-23)15-20-11-13-33-14-12-20;1-5-3(4)6-2;1-2/h9-10,18-21,23-24,26,33H,4-8,11-17H2,1-3H3,(H,35,40)(H,34,36,37);1H2,2H3;1-2H3/t21?,23?,26-;;/m1../s1. The first-order valence-corrected chi connectivity index (χ1v) is 18.6. The van der Waals surface area contributed by atoms with Crippen LogP contribution in [0.15, 0.2) is 34.4 Å². The third kappa shape index (κ3) is 9.51. The van der Waals surface area contributed by atoms with Gasteiger partial charge in [-0.15, -0.1) is 0 Å². The Labute approximate surface area is 302 Å². The van der Waals surface area contributed by atoms with Gasteiger partial charge in [0, 0.05) is 31.7 Å². The molecule has 3 fully saturated rings. The molecular weight excluding hydrogens is 654 g/mol. The molecular formula is C37H56ClN9O3. The summed E-state index contributed by atoms with van der Waals surface area (Å²) in [7, 11) is 4.95. The number of fused-ring (bicyclic) bond motifs is 1. The largest absolute Gasteiger partial charge is 0.495 e. The van der Waals surface area contributed by atoms with Gasteiger partial charge >= 0.3 is 0 Å². The van der Waals surface area contributed by atoms with Crippen molar-refractivity contribution in [2.45, 2.75) is 103 Å². The van der Waals surface area contributed by atoms with Crippen LogP contribution in [0.5, 0.6) is 5.75 Å². The molecule has 2 aromatic rings. The number of rotatable bonds is 9. The van der Waals surface area contributed by atoms with Gasteiger partial charge in [-0.05, 0) is 113 Å². The monoisotopic (exact) mass is 709 g/mol. The second-order valence-corrected chi connectivity index (χ2v) is 13.5. The zero-order chi connectivity index (χ0) is 36.2. The van der Waals surface area contributed by atoms with Crippen molar-refractivity contribution >= 4 is 58.6 Å². The van der Waals surface area contributed by atoms with Crippen molar-refractivity contribution in [3.05, 3.63) is 30.0 Å². The van der Waals surface area contributed by atoms with Crippen LogP contribution in [-0.4, -0.2) is 86.2 Å². The summed E-state index contributed by atoms with van der Waals surface area (Å²) in [6.07, 6.45) is 12.9. The molecule has 3 N–H and O–H groups in total. The molecule has 6 rings (SSSR count). The van der Waals surface area contributed by atoms with E-state index in [0.29, 0.717) is 29.0 Å². The third-order valence-corrected chi connectivity index (χ3v) is 10.4. The Bertz CT molecular complexity index is 1470. The van der Waals surface area contributed by atoms with Gasteiger partial charge in [-0.3, -0.25) is 14.6 Å². The van der Waals surface area contributed by atoms with Crippen LogP contribution in [0.4, 0.5) is 23.1 Å². The highest BCUT2D eigenvalue weighted by molar-refractivity contribution is 6.65. The van der Waals surface area contributed by atoms with E-state index in [2.05, 4.69) is 49.5 Å². The summed E-state index contributed by atoms with van der Waals surface area (Å²) in [5.74, 6) is 3.36. The molecule has 3 heterocycles. The fourth-order valence-electron chi connectivity index (χ4n) is 7.47. The number of halogens is 1. The van der Waals surface area contributed by atoms with Crippen LogP contribution >= 0.6 is 11.6 Å². The van der Waals surface area contributed by atoms with E-state index in [1.54, 1.807) is 38.4 Å². The van der Waals surface area contributed by atoms with Crippen LogP contribution in [0.25, 0.3) is 0 Å². The van der Waals surface area contributed by atoms with Gasteiger partial charge < -0.3 is 30.5 Å². The van der Waals surface area contributed by atoms with Crippen LogP contribution < -0.4 is 30.5 Å². The van der Waals surface area contributed by atoms with Crippen molar-refractivity contribution in [2.75, 3.05) is 49.4 Å². The summed E-state index contributed by atoms with van der Waals surface area (Å²) in [5, 5.41) is 10.2. The lowest BCUT2D eigenvalue weighted by Gasteiger charge is -2.43. The van der Waals surface area contributed by atoms with Gasteiger partial charge in [-0.2, -0.15) is 4.98 Å². The number of aromatic nitrogens is 2. The van der Waals surface area contributed by atoms with E-state index >= 15 is 0 Å². The van der Waals surface area contributed by atoms with E-state index in [4.69, 9.17) is 21.3 Å². The van der Waals surface area contributed by atoms with Gasteiger partial charge in [0.25, 0.3) is 5.91 Å². The van der Waals surface area contributed by atoms with Gasteiger partial charge in [-0.1, -0.05) is 33.6 Å². The van der Waals surface area contributed by atoms with Crippen molar-refractivity contribution < 1.29 is 14.3 Å². The first-order chi connectivity index (χ1) is 24.3. The number of aliphatic imine (C=N–C) groups is 2. The van der Waals surface area contributed by atoms with Crippen LogP contribution in [0.2, 0.25) is 0 Å². The first kappa shape index (κ1) is 39.0. The molecule has 1 atom stereocenters. The molecule has 12 nitrogen and oxygen atoms in total. The molecule has 1 aromatic carbocycles. The number of amides is 2. The molecule has 4 aliphatic rings. The summed E-state index contributed by atoms with van der Waals surface area (Å²) >= 11 is 5.17. The SMILES string of the molecule is C=NC(Cl)=NC.CC.CC[C@@H]1C(=O)N(C)c2cnc(Nc3ccc(C(=O)NC4CC(CC5CCNCC5)C4)cc3OC)nc2N1C1CCCC1. The topological polar surface area (TPSA) is 136 Å². The summed E-state index contributed by atoms with van der Waals surface area (Å²) < 4.78 is 5.67. The van der Waals surface area contributed by atoms with Gasteiger partial charge in [0.2, 0.25) is 17.2 Å². The first-order valence-electron chi connectivity index (χ1n) is 18.2. The maximum Gasteiger partial charge on any atom is 0.251 e. The van der Waals surface area contributed by atoms with E-state index in [9.17, 15) is 9.59 Å². The second-order valence-electron chi connectivity index (χ2n) is 13.2. The van der Waals surface area contributed by atoms with E-state index in [1.165, 1.54) is 32.1 Å². The number of amidine groups is 1. The Kier molecular flexibility index (Phi) is 14.8. The molecule has 1 saturated heterocycles. The number of ether oxygens (including phenoxy) is 1. The lowest BCUT2D eigenvalue weighted by molar-refractivity contribution is -0.120. The van der Waals surface area contributed by atoms with Gasteiger partial charge in [0.05, 0.1) is 19.0 Å². The number of likely N-dealkylation sites (N-methyl/N-ethyl adjacent to an activating group) is 1. The lowest BCUT2D eigenvalue weighted by Crippen LogP contribution is -2.55. The van der Waals surface area contributed by atoms with Crippen molar-refractivity contribution in [2.24, 2.45) is 21.8 Å². The van der Waals surface area contributed by atoms with Gasteiger partial charge in [0.15, 0.2) is 5.82 Å². The van der Waals surface area contributed by atoms with E-state index < -0.39 is 0 Å². The average molecular weight is 710 g/mol. The number of nitrogens with zero attached hydrogens (tertiary/aromatic N) is 6. The summed E-state index contributed by atoms with van der Waals surface area (Å²) in [5.41, 5.74) is 1.98. The van der Waals surface area contributed by atoms with Crippen molar-refractivity contribution in [3.63, 3.8) is 0 Å². The highest BCUT2D eigenvalue weighted by Gasteiger charge is 2.41. The van der Waals surface area contributed by atoms with Crippen molar-refractivity contribution in [1.29, 1.82) is 0 Å². The molecule has 274 valence electrons. The van der Waals surface area contributed by atoms with Gasteiger partial charge in [0.1, 0.15) is 17.5 Å². The van der Waals surface area contributed by atoms with Crippen LogP contribution in [0, 0.1) is 11.8 Å². The third-order valence-electron chi connectivity index (χ3n) is 10.1. The maximum atomic E-state index is 13.2. The lowest BCUT2D eigenvalue weighted by atomic mass is 9.73. The highest BCUT2D eigenvalue weighted by Crippen LogP contribution is 2.40. The fourth-order valence-corrected chi connectivity index (χ4v) is 7.47. The molecule has 0 unspecified atom stereocenters. The number of carbonyl (C=O) groups excluding carboxylic acids is 2. The number of methoxy groups -OCH3 is 1. The fraction of sp³-hybridized carbons (Fsp3) is 0.622. The second kappa shape index (κ2) is 19.0. The summed E-state index contributed by atoms with van der Waals surface area (Å²) in [6.45, 7) is 11.5. The van der Waals surface area contributed by atoms with Crippen LogP contribution in [0.1, 0.15) is 95.3 Å². The minimum atomic E-state index is -0.226. The van der Waals surface area contributed by atoms with Crippen molar-refractivity contribution in [3.8, 4) is 5.75 Å². The summed E-state index contributed by atoms with van der Waals surface area (Å²) in [6, 6.07) is 5.75. The number of piperidine rings is 1. The maximum absolute atomic E-state index is 13.2. The number of benzene rings is 1. The number of carbonyl (C=O) groups is 2. The van der Waals surface area contributed by atoms with Crippen LogP contribution in [-0.2, 0) is 4.79 Å². The normalized spacial score (nSPS) is 22.3. The zero-order valence-corrected chi connectivity index (χ0v) is 31.4. The molecule has 50 heavy (non-hydrogen) atoms. The predicted octanol–water partition coefficient (Wildman–Crippen LogP) is 6.57. The van der Waals surface area contributed by atoms with Gasteiger partial charge in [-0.25, -0.2) is 9.98 Å². The molecule has 0 radical (unpaired) electrons. The minimum Gasteiger partial charge on any atom is -0.495 e. The molecule has 13 heteroatoms. The van der Waals surface area contributed by atoms with E-state index in [0.717, 1.165) is 68.5 Å². The quantitative estimate of drug-likeness (QED) is 0.151. The Morgan fingerprint density at radius 3 is 2.44 bits per heavy atom. The number of anilines is 4. The molecule has 2 aliphatic carbocycles. The molecule has 2 aliphatic heterocycles. The Balaban J connectivity index is 0.000000637. The minimum absolute atomic E-state index is 0.0688. The number of nitrogens with one attached hydrogen (secondary N) is 3. The molecule has 2 amide bonds. The molecule has 1 aromatic heterocycles. The smallest absolute Gasteiger partial charge is 0.251 e. The molecule has 0 spiro atoms. The van der Waals surface area contributed by atoms with Crippen LogP contribution in [0.3, 0.4) is 0 Å². The molecule has 0 bridgehead atoms. The van der Waals surface area contributed by atoms with E-state index in [-0.39, 0.29) is 29.2 Å². The number of hydrogen-bond acceptors (Lipinski definition) is 9.